The normalized spacial score (nSPS) is 22.1. The van der Waals surface area contributed by atoms with Crippen molar-refractivity contribution in [3.63, 3.8) is 0 Å². The van der Waals surface area contributed by atoms with Gasteiger partial charge in [0.1, 0.15) is 12.4 Å². The van der Waals surface area contributed by atoms with Crippen molar-refractivity contribution < 1.29 is 14.3 Å². The van der Waals surface area contributed by atoms with E-state index in [1.165, 1.54) is 17.3 Å². The zero-order valence-electron chi connectivity index (χ0n) is 22.7. The van der Waals surface area contributed by atoms with Crippen molar-refractivity contribution in [3.05, 3.63) is 126 Å². The van der Waals surface area contributed by atoms with Crippen LogP contribution in [0.4, 0.5) is 11.4 Å². The highest BCUT2D eigenvalue weighted by Gasteiger charge is 2.61. The first-order chi connectivity index (χ1) is 20.1. The quantitative estimate of drug-likeness (QED) is 0.277. The molecule has 206 valence electrons. The van der Waals surface area contributed by atoms with Crippen LogP contribution in [0.2, 0.25) is 0 Å². The number of carbonyl (C=O) groups is 2. The van der Waals surface area contributed by atoms with Gasteiger partial charge in [0, 0.05) is 24.3 Å². The van der Waals surface area contributed by atoms with Gasteiger partial charge in [0.15, 0.2) is 0 Å². The number of para-hydroxylation sites is 1. The van der Waals surface area contributed by atoms with Crippen molar-refractivity contribution >= 4 is 35.0 Å². The van der Waals surface area contributed by atoms with Crippen LogP contribution < -0.4 is 14.5 Å². The van der Waals surface area contributed by atoms with Crippen molar-refractivity contribution in [2.75, 3.05) is 35.3 Å². The molecular formula is C34H31N3O3S. The van der Waals surface area contributed by atoms with E-state index in [-0.39, 0.29) is 17.6 Å². The van der Waals surface area contributed by atoms with Gasteiger partial charge in [0.05, 0.1) is 18.1 Å². The summed E-state index contributed by atoms with van der Waals surface area (Å²) in [5.41, 5.74) is 4.89. The first-order valence-corrected chi connectivity index (χ1v) is 15.0. The van der Waals surface area contributed by atoms with Crippen molar-refractivity contribution in [3.8, 4) is 5.75 Å². The highest BCUT2D eigenvalue weighted by atomic mass is 32.2. The Morgan fingerprint density at radius 1 is 0.829 bits per heavy atom. The number of likely N-dealkylation sites (tertiary alicyclic amines) is 1. The van der Waals surface area contributed by atoms with Crippen LogP contribution in [0, 0.1) is 0 Å². The van der Waals surface area contributed by atoms with E-state index in [9.17, 15) is 9.59 Å². The molecule has 6 nitrogen and oxygen atoms in total. The third-order valence-corrected chi connectivity index (χ3v) is 9.68. The fourth-order valence-electron chi connectivity index (χ4n) is 6.29. The van der Waals surface area contributed by atoms with Gasteiger partial charge < -0.3 is 4.74 Å². The number of fused-ring (bicyclic) bond motifs is 2. The van der Waals surface area contributed by atoms with Crippen LogP contribution in [0.3, 0.4) is 0 Å². The molecule has 0 saturated carbocycles. The van der Waals surface area contributed by atoms with Crippen LogP contribution in [0.25, 0.3) is 0 Å². The van der Waals surface area contributed by atoms with E-state index < -0.39 is 4.87 Å². The molecule has 0 bridgehead atoms. The summed E-state index contributed by atoms with van der Waals surface area (Å²) in [5, 5.41) is 0. The zero-order chi connectivity index (χ0) is 27.8. The van der Waals surface area contributed by atoms with Crippen molar-refractivity contribution in [1.82, 2.24) is 4.90 Å². The number of rotatable bonds is 7. The Morgan fingerprint density at radius 3 is 2.32 bits per heavy atom. The predicted molar refractivity (Wildman–Crippen MR) is 163 cm³/mol. The molecule has 7 heteroatoms. The van der Waals surface area contributed by atoms with Gasteiger partial charge in [-0.15, -0.1) is 11.8 Å². The third kappa shape index (κ3) is 4.59. The molecular weight excluding hydrogens is 530 g/mol. The predicted octanol–water partition coefficient (Wildman–Crippen LogP) is 5.99. The second-order valence-electron chi connectivity index (χ2n) is 10.8. The van der Waals surface area contributed by atoms with Gasteiger partial charge in [-0.3, -0.25) is 24.3 Å². The minimum absolute atomic E-state index is 0.0536. The van der Waals surface area contributed by atoms with Gasteiger partial charge in [-0.2, -0.15) is 0 Å². The van der Waals surface area contributed by atoms with Gasteiger partial charge in [-0.05, 0) is 53.8 Å². The van der Waals surface area contributed by atoms with Gasteiger partial charge in [0.25, 0.3) is 5.91 Å². The number of thioether (sulfide) groups is 1. The van der Waals surface area contributed by atoms with E-state index in [4.69, 9.17) is 4.74 Å². The number of amides is 2. The van der Waals surface area contributed by atoms with Crippen LogP contribution >= 0.6 is 11.8 Å². The second-order valence-corrected chi connectivity index (χ2v) is 12.0. The Hall–Kier alpha value is -4.07. The molecule has 2 amide bonds. The average Bonchev–Trinajstić information content (AvgIpc) is 3.70. The molecule has 3 aliphatic rings. The summed E-state index contributed by atoms with van der Waals surface area (Å²) < 4.78 is 5.97. The topological polar surface area (TPSA) is 53.1 Å². The molecule has 0 N–H and O–H groups in total. The Morgan fingerprint density at radius 2 is 1.54 bits per heavy atom. The maximum absolute atomic E-state index is 14.4. The lowest BCUT2D eigenvalue weighted by Crippen LogP contribution is -2.51. The smallest absolute Gasteiger partial charge is 0.269 e. The molecule has 0 aromatic heterocycles. The fraction of sp³-hybridized carbons (Fsp3) is 0.235. The number of anilines is 2. The fourth-order valence-corrected chi connectivity index (χ4v) is 7.65. The first-order valence-electron chi connectivity index (χ1n) is 14.1. The van der Waals surface area contributed by atoms with Crippen LogP contribution in [-0.4, -0.2) is 42.2 Å². The Kier molecular flexibility index (Phi) is 6.77. The summed E-state index contributed by atoms with van der Waals surface area (Å²) in [4.78, 5) is 32.7. The maximum Gasteiger partial charge on any atom is 0.269 e. The molecule has 1 spiro atoms. The molecule has 7 rings (SSSR count). The van der Waals surface area contributed by atoms with Gasteiger partial charge in [-0.25, -0.2) is 0 Å². The summed E-state index contributed by atoms with van der Waals surface area (Å²) in [5.74, 6) is 1.30. The standard InChI is InChI=1S/C34H31N3O3S/c38-32-23-41-34(37(32)28-15-17-29(18-16-28)40-22-25-9-3-1-4-10-25)30-13-7-8-14-31(30)36(33(34)39)24-35-20-19-27(21-35)26-11-5-2-6-12-26/h1-18,27H,19-24H2. The maximum atomic E-state index is 14.4. The van der Waals surface area contributed by atoms with Crippen LogP contribution in [-0.2, 0) is 21.1 Å². The van der Waals surface area contributed by atoms with Crippen molar-refractivity contribution in [1.29, 1.82) is 0 Å². The van der Waals surface area contributed by atoms with E-state index in [1.807, 2.05) is 89.8 Å². The Balaban J connectivity index is 1.14. The molecule has 2 unspecified atom stereocenters. The number of nitrogens with zero attached hydrogens (tertiary/aromatic N) is 3. The van der Waals surface area contributed by atoms with Gasteiger partial charge >= 0.3 is 0 Å². The Labute approximate surface area is 244 Å². The molecule has 41 heavy (non-hydrogen) atoms. The summed E-state index contributed by atoms with van der Waals surface area (Å²) in [6, 6.07) is 36.1. The molecule has 3 heterocycles. The largest absolute Gasteiger partial charge is 0.489 e. The minimum atomic E-state index is -1.11. The first kappa shape index (κ1) is 25.9. The van der Waals surface area contributed by atoms with Crippen LogP contribution in [0.1, 0.15) is 29.0 Å². The molecule has 2 atom stereocenters. The molecule has 0 radical (unpaired) electrons. The summed E-state index contributed by atoms with van der Waals surface area (Å²) >= 11 is 1.42. The Bertz CT molecular complexity index is 1560. The van der Waals surface area contributed by atoms with E-state index in [1.54, 1.807) is 4.90 Å². The highest BCUT2D eigenvalue weighted by molar-refractivity contribution is 8.02. The van der Waals surface area contributed by atoms with E-state index in [0.717, 1.165) is 36.3 Å². The van der Waals surface area contributed by atoms with Gasteiger partial charge in [-0.1, -0.05) is 78.9 Å². The second kappa shape index (κ2) is 10.7. The summed E-state index contributed by atoms with van der Waals surface area (Å²) in [7, 11) is 0. The summed E-state index contributed by atoms with van der Waals surface area (Å²) in [6.07, 6.45) is 1.07. The number of ether oxygens (including phenoxy) is 1. The number of benzene rings is 4. The highest BCUT2D eigenvalue weighted by Crippen LogP contribution is 2.55. The SMILES string of the molecule is O=C1CSC2(C(=O)N(CN3CCC(c4ccccc4)C3)c3ccccc32)N1c1ccc(OCc2ccccc2)cc1. The van der Waals surface area contributed by atoms with Crippen molar-refractivity contribution in [2.24, 2.45) is 0 Å². The lowest BCUT2D eigenvalue weighted by atomic mass is 9.99. The lowest BCUT2D eigenvalue weighted by molar-refractivity contribution is -0.123. The van der Waals surface area contributed by atoms with Gasteiger partial charge in [0.2, 0.25) is 10.8 Å². The average molecular weight is 562 g/mol. The monoisotopic (exact) mass is 561 g/mol. The third-order valence-electron chi connectivity index (χ3n) is 8.29. The molecule has 3 aliphatic heterocycles. The van der Waals surface area contributed by atoms with E-state index in [2.05, 4.69) is 29.2 Å². The van der Waals surface area contributed by atoms with E-state index in [0.29, 0.717) is 30.6 Å². The molecule has 4 aromatic rings. The number of carbonyl (C=O) groups excluding carboxylic acids is 2. The molecule has 2 fully saturated rings. The molecule has 4 aromatic carbocycles. The van der Waals surface area contributed by atoms with E-state index >= 15 is 0 Å². The zero-order valence-corrected chi connectivity index (χ0v) is 23.5. The minimum Gasteiger partial charge on any atom is -0.489 e. The molecule has 2 saturated heterocycles. The van der Waals surface area contributed by atoms with Crippen LogP contribution in [0.5, 0.6) is 5.75 Å². The number of hydrogen-bond donors (Lipinski definition) is 0. The van der Waals surface area contributed by atoms with Crippen molar-refractivity contribution in [2.45, 2.75) is 23.8 Å². The summed E-state index contributed by atoms with van der Waals surface area (Å²) in [6.45, 7) is 2.81. The van der Waals surface area contributed by atoms with Crippen LogP contribution in [0.15, 0.2) is 109 Å². The number of hydrogen-bond acceptors (Lipinski definition) is 5. The molecule has 0 aliphatic carbocycles. The lowest BCUT2D eigenvalue weighted by Gasteiger charge is -2.34.